The first-order chi connectivity index (χ1) is 11.0. The van der Waals surface area contributed by atoms with Crippen LogP contribution in [0.25, 0.3) is 0 Å². The van der Waals surface area contributed by atoms with Crippen molar-refractivity contribution in [3.05, 3.63) is 18.0 Å². The Balaban J connectivity index is 1.52. The van der Waals surface area contributed by atoms with Crippen LogP contribution in [0.5, 0.6) is 0 Å². The van der Waals surface area contributed by atoms with Gasteiger partial charge in [-0.25, -0.2) is 4.68 Å². The minimum Gasteiger partial charge on any atom is -0.337 e. The summed E-state index contributed by atoms with van der Waals surface area (Å²) in [4.78, 5) is 16.6. The van der Waals surface area contributed by atoms with Crippen molar-refractivity contribution in [3.63, 3.8) is 0 Å². The minimum atomic E-state index is -2.70. The fourth-order valence-corrected chi connectivity index (χ4v) is 3.55. The molecule has 2 aliphatic rings. The van der Waals surface area contributed by atoms with Gasteiger partial charge in [-0.3, -0.25) is 4.79 Å². The molecular formula is C16H24F2N4O. The molecule has 128 valence electrons. The second kappa shape index (κ2) is 6.95. The molecule has 0 radical (unpaired) electrons. The van der Waals surface area contributed by atoms with Crippen molar-refractivity contribution < 1.29 is 13.6 Å². The quantitative estimate of drug-likeness (QED) is 0.857. The number of nitrogens with zero attached hydrogens (tertiary/aromatic N) is 4. The van der Waals surface area contributed by atoms with Gasteiger partial charge < -0.3 is 9.80 Å². The van der Waals surface area contributed by atoms with Gasteiger partial charge in [0, 0.05) is 25.3 Å². The second-order valence-corrected chi connectivity index (χ2v) is 6.70. The Kier molecular flexibility index (Phi) is 4.94. The van der Waals surface area contributed by atoms with Gasteiger partial charge in [0.1, 0.15) is 0 Å². The van der Waals surface area contributed by atoms with Crippen molar-refractivity contribution in [2.24, 2.45) is 5.92 Å². The average molecular weight is 326 g/mol. The molecule has 2 fully saturated rings. The van der Waals surface area contributed by atoms with E-state index in [-0.39, 0.29) is 11.6 Å². The number of amides is 1. The highest BCUT2D eigenvalue weighted by Gasteiger charge is 2.29. The zero-order valence-corrected chi connectivity index (χ0v) is 13.5. The van der Waals surface area contributed by atoms with Gasteiger partial charge in [0.25, 0.3) is 5.91 Å². The van der Waals surface area contributed by atoms with E-state index < -0.39 is 6.55 Å². The normalized spacial score (nSPS) is 22.0. The number of rotatable bonds is 3. The van der Waals surface area contributed by atoms with Gasteiger partial charge >= 0.3 is 6.55 Å². The molecule has 7 heteroatoms. The molecule has 1 amide bonds. The SMILES string of the molecule is CC1CCN(C2CCN(C(=O)c3ccn(C(F)F)n3)CC2)CC1. The number of alkyl halides is 2. The molecule has 0 spiro atoms. The van der Waals surface area contributed by atoms with E-state index in [0.29, 0.717) is 23.8 Å². The molecule has 5 nitrogen and oxygen atoms in total. The largest absolute Gasteiger partial charge is 0.337 e. The van der Waals surface area contributed by atoms with Crippen LogP contribution in [-0.4, -0.2) is 57.7 Å². The number of hydrogen-bond acceptors (Lipinski definition) is 3. The Morgan fingerprint density at radius 3 is 2.39 bits per heavy atom. The maximum absolute atomic E-state index is 12.5. The van der Waals surface area contributed by atoms with Gasteiger partial charge in [-0.05, 0) is 50.8 Å². The Labute approximate surface area is 135 Å². The number of likely N-dealkylation sites (tertiary alicyclic amines) is 2. The van der Waals surface area contributed by atoms with E-state index in [2.05, 4.69) is 16.9 Å². The molecule has 2 aliphatic heterocycles. The topological polar surface area (TPSA) is 41.4 Å². The Morgan fingerprint density at radius 1 is 1.17 bits per heavy atom. The highest BCUT2D eigenvalue weighted by Crippen LogP contribution is 2.24. The van der Waals surface area contributed by atoms with Crippen molar-refractivity contribution in [3.8, 4) is 0 Å². The van der Waals surface area contributed by atoms with E-state index in [4.69, 9.17) is 0 Å². The van der Waals surface area contributed by atoms with Crippen LogP contribution in [0, 0.1) is 5.92 Å². The molecule has 3 rings (SSSR count). The molecule has 0 aliphatic carbocycles. The van der Waals surface area contributed by atoms with Crippen molar-refractivity contribution in [1.29, 1.82) is 0 Å². The third-order valence-corrected chi connectivity index (χ3v) is 5.11. The summed E-state index contributed by atoms with van der Waals surface area (Å²) in [6.45, 7) is 3.26. The predicted molar refractivity (Wildman–Crippen MR) is 82.4 cm³/mol. The van der Waals surface area contributed by atoms with Crippen LogP contribution < -0.4 is 0 Å². The van der Waals surface area contributed by atoms with Gasteiger partial charge in [0.05, 0.1) is 0 Å². The van der Waals surface area contributed by atoms with Gasteiger partial charge in [0.15, 0.2) is 5.69 Å². The third-order valence-electron chi connectivity index (χ3n) is 5.11. The molecule has 0 aromatic carbocycles. The molecule has 2 saturated heterocycles. The van der Waals surface area contributed by atoms with Crippen LogP contribution in [0.4, 0.5) is 8.78 Å². The Bertz CT molecular complexity index is 532. The number of carbonyl (C=O) groups excluding carboxylic acids is 1. The predicted octanol–water partition coefficient (Wildman–Crippen LogP) is 2.61. The van der Waals surface area contributed by atoms with Gasteiger partial charge in [-0.1, -0.05) is 6.92 Å². The van der Waals surface area contributed by atoms with Crippen molar-refractivity contribution in [1.82, 2.24) is 19.6 Å². The van der Waals surface area contributed by atoms with Crippen LogP contribution in [-0.2, 0) is 0 Å². The molecule has 1 aromatic rings. The smallest absolute Gasteiger partial charge is 0.333 e. The molecule has 3 heterocycles. The highest BCUT2D eigenvalue weighted by atomic mass is 19.3. The lowest BCUT2D eigenvalue weighted by Gasteiger charge is -2.41. The second-order valence-electron chi connectivity index (χ2n) is 6.70. The monoisotopic (exact) mass is 326 g/mol. The zero-order valence-electron chi connectivity index (χ0n) is 13.5. The maximum Gasteiger partial charge on any atom is 0.333 e. The molecular weight excluding hydrogens is 302 g/mol. The van der Waals surface area contributed by atoms with Crippen LogP contribution >= 0.6 is 0 Å². The first-order valence-electron chi connectivity index (χ1n) is 8.41. The number of piperidine rings is 2. The Hall–Kier alpha value is -1.50. The van der Waals surface area contributed by atoms with Crippen LogP contribution in [0.2, 0.25) is 0 Å². The summed E-state index contributed by atoms with van der Waals surface area (Å²) in [6, 6.07) is 1.91. The number of halogens is 2. The third kappa shape index (κ3) is 3.71. The summed E-state index contributed by atoms with van der Waals surface area (Å²) in [7, 11) is 0. The average Bonchev–Trinajstić information content (AvgIpc) is 3.05. The lowest BCUT2D eigenvalue weighted by Crippen LogP contribution is -2.48. The minimum absolute atomic E-state index is 0.107. The number of carbonyl (C=O) groups is 1. The summed E-state index contributed by atoms with van der Waals surface area (Å²) in [5.74, 6) is 0.577. The fourth-order valence-electron chi connectivity index (χ4n) is 3.55. The first-order valence-corrected chi connectivity index (χ1v) is 8.41. The molecule has 0 bridgehead atoms. The van der Waals surface area contributed by atoms with E-state index in [0.717, 1.165) is 38.0 Å². The standard InChI is InChI=1S/C16H24F2N4O/c1-12-2-7-20(8-3-12)13-4-9-21(10-5-13)15(23)14-6-11-22(19-14)16(17)18/h6,11-13,16H,2-5,7-10H2,1H3. The van der Waals surface area contributed by atoms with Crippen LogP contribution in [0.1, 0.15) is 49.6 Å². The van der Waals surface area contributed by atoms with E-state index in [9.17, 15) is 13.6 Å². The molecule has 1 aromatic heterocycles. The van der Waals surface area contributed by atoms with Crippen LogP contribution in [0.15, 0.2) is 12.3 Å². The first kappa shape index (κ1) is 16.4. The van der Waals surface area contributed by atoms with E-state index in [1.165, 1.54) is 18.9 Å². The van der Waals surface area contributed by atoms with E-state index in [1.54, 1.807) is 4.90 Å². The Morgan fingerprint density at radius 2 is 1.83 bits per heavy atom. The van der Waals surface area contributed by atoms with Crippen molar-refractivity contribution >= 4 is 5.91 Å². The van der Waals surface area contributed by atoms with Gasteiger partial charge in [0.2, 0.25) is 0 Å². The molecule has 23 heavy (non-hydrogen) atoms. The maximum atomic E-state index is 12.5. The number of hydrogen-bond donors (Lipinski definition) is 0. The van der Waals surface area contributed by atoms with Crippen LogP contribution in [0.3, 0.4) is 0 Å². The lowest BCUT2D eigenvalue weighted by molar-refractivity contribution is 0.0512. The van der Waals surface area contributed by atoms with E-state index >= 15 is 0 Å². The van der Waals surface area contributed by atoms with Gasteiger partial charge in [-0.15, -0.1) is 0 Å². The highest BCUT2D eigenvalue weighted by molar-refractivity contribution is 5.92. The number of aromatic nitrogens is 2. The summed E-state index contributed by atoms with van der Waals surface area (Å²) in [6.07, 6.45) is 5.57. The zero-order chi connectivity index (χ0) is 16.4. The van der Waals surface area contributed by atoms with Crippen molar-refractivity contribution in [2.45, 2.75) is 45.2 Å². The summed E-state index contributed by atoms with van der Waals surface area (Å²) in [5.41, 5.74) is 0.107. The summed E-state index contributed by atoms with van der Waals surface area (Å²) < 4.78 is 25.6. The lowest BCUT2D eigenvalue weighted by atomic mass is 9.95. The molecule has 0 unspecified atom stereocenters. The molecule has 0 N–H and O–H groups in total. The summed E-state index contributed by atoms with van der Waals surface area (Å²) >= 11 is 0. The fraction of sp³-hybridized carbons (Fsp3) is 0.750. The summed E-state index contributed by atoms with van der Waals surface area (Å²) in [5, 5.41) is 3.67. The molecule has 0 saturated carbocycles. The van der Waals surface area contributed by atoms with Gasteiger partial charge in [-0.2, -0.15) is 13.9 Å². The van der Waals surface area contributed by atoms with Crippen molar-refractivity contribution in [2.75, 3.05) is 26.2 Å². The van der Waals surface area contributed by atoms with E-state index in [1.807, 2.05) is 0 Å². The molecule has 0 atom stereocenters.